The fourth-order valence-electron chi connectivity index (χ4n) is 3.62. The molecule has 1 aliphatic carbocycles. The summed E-state index contributed by atoms with van der Waals surface area (Å²) in [7, 11) is 3.38. The summed E-state index contributed by atoms with van der Waals surface area (Å²) in [4.78, 5) is 23.4. The molecule has 0 saturated heterocycles. The third-order valence-electron chi connectivity index (χ3n) is 5.45. The Kier molecular flexibility index (Phi) is 8.69. The fourth-order valence-corrected chi connectivity index (χ4v) is 3.62. The lowest BCUT2D eigenvalue weighted by molar-refractivity contribution is -0.144. The minimum atomic E-state index is -0.411. The zero-order valence-corrected chi connectivity index (χ0v) is 17.9. The average molecular weight is 415 g/mol. The van der Waals surface area contributed by atoms with Crippen molar-refractivity contribution in [1.82, 2.24) is 5.32 Å². The highest BCUT2D eigenvalue weighted by Crippen LogP contribution is 2.54. The number of hydrogen-bond donors (Lipinski definition) is 2. The quantitative estimate of drug-likeness (QED) is 0.511. The number of hydrogen-bond acceptors (Lipinski definition) is 5. The summed E-state index contributed by atoms with van der Waals surface area (Å²) in [6.45, 7) is 3.41. The average Bonchev–Trinajstić information content (AvgIpc) is 3.48. The van der Waals surface area contributed by atoms with E-state index in [0.717, 1.165) is 18.5 Å². The van der Waals surface area contributed by atoms with Gasteiger partial charge in [-0.25, -0.2) is 4.39 Å². The molecule has 1 fully saturated rings. The first-order valence-electron chi connectivity index (χ1n) is 10.2. The first kappa shape index (κ1) is 23.7. The Labute approximate surface area is 177 Å². The van der Waals surface area contributed by atoms with Gasteiger partial charge in [0, 0.05) is 12.0 Å². The molecular weight excluding hydrogens is 383 g/mol. The fraction of sp³-hybridized carbons (Fsp3) is 0.417. The summed E-state index contributed by atoms with van der Waals surface area (Å²) in [6, 6.07) is 13.8. The first-order valence-corrected chi connectivity index (χ1v) is 10.2. The topological polar surface area (TPSA) is 81.4 Å². The highest BCUT2D eigenvalue weighted by atomic mass is 19.1. The minimum Gasteiger partial charge on any atom is -0.468 e. The van der Waals surface area contributed by atoms with Gasteiger partial charge in [-0.1, -0.05) is 29.8 Å². The molecule has 2 aromatic carbocycles. The lowest BCUT2D eigenvalue weighted by Gasteiger charge is -2.15. The van der Waals surface area contributed by atoms with Gasteiger partial charge in [0.05, 0.1) is 12.5 Å². The van der Waals surface area contributed by atoms with Crippen molar-refractivity contribution >= 4 is 11.8 Å². The third kappa shape index (κ3) is 5.74. The number of carbonyl (C=O) groups excluding carboxylic acids is 2. The lowest BCUT2D eigenvalue weighted by atomic mass is 9.92. The van der Waals surface area contributed by atoms with Crippen LogP contribution in [0.4, 0.5) is 4.39 Å². The van der Waals surface area contributed by atoms with Crippen molar-refractivity contribution in [3.63, 3.8) is 0 Å². The number of esters is 1. The standard InChI is InChI=1S/C14H19NO2.C10H12FNO/c1-10-4-6-11(7-5-10)14(13(16)17-3)8-12(14)9-15-2;11-9-5-3-8(4-6-9)10(13)2-1-7-12/h4-7,12,15H,8-9H2,1-3H3;3-6H,1-2,7,12H2. The summed E-state index contributed by atoms with van der Waals surface area (Å²) >= 11 is 0. The zero-order valence-electron chi connectivity index (χ0n) is 17.9. The molecule has 5 nitrogen and oxygen atoms in total. The number of ether oxygens (including phenoxy) is 1. The highest BCUT2D eigenvalue weighted by molar-refractivity contribution is 5.95. The van der Waals surface area contributed by atoms with Gasteiger partial charge in [-0.2, -0.15) is 0 Å². The molecule has 1 aliphatic rings. The van der Waals surface area contributed by atoms with E-state index in [4.69, 9.17) is 10.5 Å². The second kappa shape index (κ2) is 11.0. The second-order valence-corrected chi connectivity index (χ2v) is 7.61. The molecule has 162 valence electrons. The van der Waals surface area contributed by atoms with Crippen LogP contribution in [-0.4, -0.2) is 39.0 Å². The molecule has 0 bridgehead atoms. The van der Waals surface area contributed by atoms with Crippen molar-refractivity contribution in [2.45, 2.75) is 31.6 Å². The Morgan fingerprint density at radius 1 is 1.17 bits per heavy atom. The minimum absolute atomic E-state index is 0.0189. The van der Waals surface area contributed by atoms with E-state index in [9.17, 15) is 14.0 Å². The Morgan fingerprint density at radius 2 is 1.80 bits per heavy atom. The van der Waals surface area contributed by atoms with E-state index < -0.39 is 5.41 Å². The highest BCUT2D eigenvalue weighted by Gasteiger charge is 2.61. The molecule has 1 saturated carbocycles. The van der Waals surface area contributed by atoms with Gasteiger partial charge < -0.3 is 15.8 Å². The molecule has 0 amide bonds. The van der Waals surface area contributed by atoms with Crippen LogP contribution < -0.4 is 11.1 Å². The monoisotopic (exact) mass is 414 g/mol. The maximum atomic E-state index is 12.5. The number of benzene rings is 2. The molecule has 2 atom stereocenters. The molecule has 6 heteroatoms. The van der Waals surface area contributed by atoms with Crippen molar-refractivity contribution < 1.29 is 18.7 Å². The van der Waals surface area contributed by atoms with Crippen LogP contribution >= 0.6 is 0 Å². The molecule has 0 spiro atoms. The number of aryl methyl sites for hydroxylation is 1. The predicted molar refractivity (Wildman–Crippen MR) is 116 cm³/mol. The molecular formula is C24H31FN2O3. The summed E-state index contributed by atoms with van der Waals surface area (Å²) in [6.07, 6.45) is 1.99. The molecule has 0 aromatic heterocycles. The van der Waals surface area contributed by atoms with E-state index in [1.165, 1.54) is 36.9 Å². The van der Waals surface area contributed by atoms with Gasteiger partial charge >= 0.3 is 5.97 Å². The number of nitrogens with two attached hydrogens (primary N) is 1. The maximum Gasteiger partial charge on any atom is 0.316 e. The Morgan fingerprint density at radius 3 is 2.33 bits per heavy atom. The van der Waals surface area contributed by atoms with Crippen molar-refractivity contribution in [2.24, 2.45) is 11.7 Å². The number of carbonyl (C=O) groups is 2. The number of methoxy groups -OCH3 is 1. The SMILES string of the molecule is CNCC1CC1(C(=O)OC)c1ccc(C)cc1.NCCCC(=O)c1ccc(F)cc1. The molecule has 2 unspecified atom stereocenters. The van der Waals surface area contributed by atoms with E-state index in [1.807, 2.05) is 26.1 Å². The van der Waals surface area contributed by atoms with E-state index in [2.05, 4.69) is 17.4 Å². The smallest absolute Gasteiger partial charge is 0.316 e. The van der Waals surface area contributed by atoms with Gasteiger partial charge in [-0.3, -0.25) is 9.59 Å². The van der Waals surface area contributed by atoms with Crippen molar-refractivity contribution in [3.05, 3.63) is 71.0 Å². The van der Waals surface area contributed by atoms with Gasteiger partial charge in [-0.15, -0.1) is 0 Å². The number of nitrogens with one attached hydrogen (secondary N) is 1. The van der Waals surface area contributed by atoms with E-state index >= 15 is 0 Å². The number of rotatable bonds is 8. The zero-order chi connectivity index (χ0) is 22.1. The molecule has 2 aromatic rings. The molecule has 0 aliphatic heterocycles. The van der Waals surface area contributed by atoms with Crippen LogP contribution in [0.3, 0.4) is 0 Å². The first-order chi connectivity index (χ1) is 14.4. The molecule has 0 radical (unpaired) electrons. The summed E-state index contributed by atoms with van der Waals surface area (Å²) in [5.74, 6) is -0.0647. The Bertz CT molecular complexity index is 837. The molecule has 3 rings (SSSR count). The van der Waals surface area contributed by atoms with Gasteiger partial charge in [0.25, 0.3) is 0 Å². The van der Waals surface area contributed by atoms with Crippen LogP contribution in [0.1, 0.15) is 40.7 Å². The molecule has 3 N–H and O–H groups in total. The third-order valence-corrected chi connectivity index (χ3v) is 5.45. The van der Waals surface area contributed by atoms with Crippen LogP contribution in [0.2, 0.25) is 0 Å². The van der Waals surface area contributed by atoms with Gasteiger partial charge in [-0.05, 0) is 75.6 Å². The van der Waals surface area contributed by atoms with Crippen molar-refractivity contribution in [1.29, 1.82) is 0 Å². The van der Waals surface area contributed by atoms with Crippen molar-refractivity contribution in [3.8, 4) is 0 Å². The number of Topliss-reactive ketones (excluding diaryl/α,β-unsaturated/α-hetero) is 1. The summed E-state index contributed by atoms with van der Waals surface area (Å²) < 4.78 is 17.4. The Balaban J connectivity index is 0.000000222. The van der Waals surface area contributed by atoms with Gasteiger partial charge in [0.1, 0.15) is 5.82 Å². The number of halogens is 1. The van der Waals surface area contributed by atoms with Crippen LogP contribution in [0.25, 0.3) is 0 Å². The van der Waals surface area contributed by atoms with Gasteiger partial charge in [0.2, 0.25) is 0 Å². The van der Waals surface area contributed by atoms with E-state index in [0.29, 0.717) is 30.9 Å². The van der Waals surface area contributed by atoms with Crippen LogP contribution in [0, 0.1) is 18.7 Å². The summed E-state index contributed by atoms with van der Waals surface area (Å²) in [5, 5.41) is 3.14. The number of ketones is 1. The summed E-state index contributed by atoms with van der Waals surface area (Å²) in [5.41, 5.74) is 7.69. The second-order valence-electron chi connectivity index (χ2n) is 7.61. The molecule has 0 heterocycles. The predicted octanol–water partition coefficient (Wildman–Crippen LogP) is 3.39. The normalized spacial score (nSPS) is 19.4. The van der Waals surface area contributed by atoms with E-state index in [-0.39, 0.29) is 17.6 Å². The van der Waals surface area contributed by atoms with Crippen molar-refractivity contribution in [2.75, 3.05) is 27.2 Å². The van der Waals surface area contributed by atoms with E-state index in [1.54, 1.807) is 0 Å². The van der Waals surface area contributed by atoms with Gasteiger partial charge in [0.15, 0.2) is 5.78 Å². The van der Waals surface area contributed by atoms with Crippen LogP contribution in [0.5, 0.6) is 0 Å². The van der Waals surface area contributed by atoms with Crippen LogP contribution in [0.15, 0.2) is 48.5 Å². The Hall–Kier alpha value is -2.57. The largest absolute Gasteiger partial charge is 0.468 e. The lowest BCUT2D eigenvalue weighted by Crippen LogP contribution is -2.27. The molecule has 30 heavy (non-hydrogen) atoms. The maximum absolute atomic E-state index is 12.5. The van der Waals surface area contributed by atoms with Crippen LogP contribution in [-0.2, 0) is 14.9 Å².